The number of thioether (sulfide) groups is 1. The Balaban J connectivity index is 1.34. The first-order valence-corrected chi connectivity index (χ1v) is 11.7. The van der Waals surface area contributed by atoms with Gasteiger partial charge in [-0.25, -0.2) is 13.2 Å². The van der Waals surface area contributed by atoms with E-state index in [1.54, 1.807) is 25.1 Å². The van der Waals surface area contributed by atoms with Crippen molar-refractivity contribution in [1.82, 2.24) is 20.2 Å². The predicted molar refractivity (Wildman–Crippen MR) is 108 cm³/mol. The van der Waals surface area contributed by atoms with Crippen molar-refractivity contribution in [2.24, 2.45) is 5.92 Å². The molecule has 2 aromatic heterocycles. The van der Waals surface area contributed by atoms with Crippen LogP contribution < -0.4 is 11.0 Å². The average Bonchev–Trinajstić information content (AvgIpc) is 3.33. The fourth-order valence-corrected chi connectivity index (χ4v) is 5.77. The molecule has 2 atom stereocenters. The lowest BCUT2D eigenvalue weighted by Crippen LogP contribution is -2.22. The van der Waals surface area contributed by atoms with E-state index in [2.05, 4.69) is 25.5 Å². The number of hydrogen-bond acceptors (Lipinski definition) is 8. The topological polar surface area (TPSA) is 151 Å². The molecule has 0 saturated carbocycles. The summed E-state index contributed by atoms with van der Waals surface area (Å²) in [5.41, 5.74) is 1.50. The van der Waals surface area contributed by atoms with Gasteiger partial charge < -0.3 is 19.7 Å². The number of nitrogens with one attached hydrogen (secondary N) is 3. The highest BCUT2D eigenvalue weighted by Crippen LogP contribution is 2.26. The zero-order valence-electron chi connectivity index (χ0n) is 15.5. The first-order valence-electron chi connectivity index (χ1n) is 9.00. The van der Waals surface area contributed by atoms with Crippen LogP contribution in [0.4, 0.5) is 5.69 Å². The third-order valence-electron chi connectivity index (χ3n) is 4.67. The summed E-state index contributed by atoms with van der Waals surface area (Å²) in [5.74, 6) is 0.465. The normalized spacial score (nSPS) is 19.4. The third-order valence-corrected chi connectivity index (χ3v) is 7.44. The highest BCUT2D eigenvalue weighted by molar-refractivity contribution is 8.00. The van der Waals surface area contributed by atoms with Crippen LogP contribution in [0.5, 0.6) is 0 Å². The monoisotopic (exact) mass is 437 g/mol. The summed E-state index contributed by atoms with van der Waals surface area (Å²) in [4.78, 5) is 29.0. The van der Waals surface area contributed by atoms with Crippen molar-refractivity contribution in [3.63, 3.8) is 0 Å². The highest BCUT2D eigenvalue weighted by Gasteiger charge is 2.29. The van der Waals surface area contributed by atoms with Crippen molar-refractivity contribution < 1.29 is 17.6 Å². The van der Waals surface area contributed by atoms with E-state index < -0.39 is 15.1 Å². The summed E-state index contributed by atoms with van der Waals surface area (Å²) in [5, 5.41) is 10.4. The third kappa shape index (κ3) is 4.70. The summed E-state index contributed by atoms with van der Waals surface area (Å²) >= 11 is 1.12. The molecule has 3 N–H and O–H groups in total. The Morgan fingerprint density at radius 3 is 2.90 bits per heavy atom. The lowest BCUT2D eigenvalue weighted by molar-refractivity contribution is -0.115. The molecule has 1 saturated heterocycles. The van der Waals surface area contributed by atoms with Crippen LogP contribution in [0.15, 0.2) is 32.6 Å². The number of H-pyrrole nitrogens is 2. The maximum absolute atomic E-state index is 12.4. The van der Waals surface area contributed by atoms with Gasteiger partial charge in [0, 0.05) is 12.1 Å². The fraction of sp³-hybridized carbons (Fsp3) is 0.412. The van der Waals surface area contributed by atoms with Crippen molar-refractivity contribution in [2.45, 2.75) is 30.2 Å². The molecule has 12 heteroatoms. The SMILES string of the molecule is CC(Sc1nnc(CC2CCS(=O)(=O)C2)o1)C(=O)Nc1ccc2[nH]c(=O)[nH]c2c1. The zero-order chi connectivity index (χ0) is 20.6. The molecule has 0 bridgehead atoms. The molecule has 0 radical (unpaired) electrons. The first-order chi connectivity index (χ1) is 13.8. The van der Waals surface area contributed by atoms with Gasteiger partial charge in [0.05, 0.1) is 27.8 Å². The summed E-state index contributed by atoms with van der Waals surface area (Å²) in [6.45, 7) is 1.71. The number of aromatic nitrogens is 4. The van der Waals surface area contributed by atoms with Crippen LogP contribution in [-0.4, -0.2) is 51.2 Å². The Hall–Kier alpha value is -2.60. The molecule has 154 valence electrons. The van der Waals surface area contributed by atoms with Crippen LogP contribution in [-0.2, 0) is 21.1 Å². The minimum atomic E-state index is -2.95. The molecule has 29 heavy (non-hydrogen) atoms. The average molecular weight is 438 g/mol. The van der Waals surface area contributed by atoms with Gasteiger partial charge in [-0.1, -0.05) is 11.8 Å². The van der Waals surface area contributed by atoms with Gasteiger partial charge in [0.1, 0.15) is 0 Å². The van der Waals surface area contributed by atoms with Crippen LogP contribution in [0, 0.1) is 5.92 Å². The number of hydrogen-bond donors (Lipinski definition) is 3. The number of imidazole rings is 1. The molecule has 1 amide bonds. The molecule has 1 fully saturated rings. The molecule has 3 heterocycles. The number of fused-ring (bicyclic) bond motifs is 1. The van der Waals surface area contributed by atoms with Crippen LogP contribution in [0.25, 0.3) is 11.0 Å². The van der Waals surface area contributed by atoms with E-state index in [9.17, 15) is 18.0 Å². The van der Waals surface area contributed by atoms with Crippen molar-refractivity contribution >= 4 is 44.2 Å². The van der Waals surface area contributed by atoms with Crippen LogP contribution in [0.3, 0.4) is 0 Å². The van der Waals surface area contributed by atoms with Gasteiger partial charge in [0.25, 0.3) is 5.22 Å². The van der Waals surface area contributed by atoms with Gasteiger partial charge >= 0.3 is 5.69 Å². The number of sulfone groups is 1. The van der Waals surface area contributed by atoms with E-state index in [0.717, 1.165) is 11.8 Å². The molecule has 0 aliphatic carbocycles. The van der Waals surface area contributed by atoms with Gasteiger partial charge in [-0.05, 0) is 37.5 Å². The van der Waals surface area contributed by atoms with Crippen molar-refractivity contribution in [3.05, 3.63) is 34.6 Å². The molecule has 1 aliphatic heterocycles. The summed E-state index contributed by atoms with van der Waals surface area (Å²) in [7, 11) is -2.95. The molecule has 1 aliphatic rings. The standard InChI is InChI=1S/C17H19N5O5S2/c1-9(15(23)18-11-2-3-12-13(7-11)20-16(24)19-12)28-17-22-21-14(27-17)6-10-4-5-29(25,26)8-10/h2-3,7,9-10H,4-6,8H2,1H3,(H,18,23)(H2,19,20,24). The van der Waals surface area contributed by atoms with Crippen LogP contribution in [0.2, 0.25) is 0 Å². The second kappa shape index (κ2) is 7.67. The van der Waals surface area contributed by atoms with Crippen molar-refractivity contribution in [2.75, 3.05) is 16.8 Å². The number of rotatable bonds is 6. The first kappa shape index (κ1) is 19.7. The number of anilines is 1. The van der Waals surface area contributed by atoms with E-state index in [0.29, 0.717) is 35.5 Å². The van der Waals surface area contributed by atoms with Gasteiger partial charge in [0.15, 0.2) is 9.84 Å². The van der Waals surface area contributed by atoms with Gasteiger partial charge in [-0.2, -0.15) is 0 Å². The Morgan fingerprint density at radius 1 is 1.34 bits per heavy atom. The summed E-state index contributed by atoms with van der Waals surface area (Å²) in [6.07, 6.45) is 1.02. The minimum absolute atomic E-state index is 0.00573. The number of carbonyl (C=O) groups excluding carboxylic acids is 1. The molecule has 4 rings (SSSR count). The summed E-state index contributed by atoms with van der Waals surface area (Å²) in [6, 6.07) is 5.07. The largest absolute Gasteiger partial charge is 0.416 e. The molecular weight excluding hydrogens is 418 g/mol. The molecule has 1 aromatic carbocycles. The second-order valence-electron chi connectivity index (χ2n) is 7.02. The van der Waals surface area contributed by atoms with Gasteiger partial charge in [-0.3, -0.25) is 4.79 Å². The zero-order valence-corrected chi connectivity index (χ0v) is 17.1. The maximum Gasteiger partial charge on any atom is 0.323 e. The Bertz CT molecular complexity index is 1210. The summed E-state index contributed by atoms with van der Waals surface area (Å²) < 4.78 is 28.7. The smallest absolute Gasteiger partial charge is 0.323 e. The van der Waals surface area contributed by atoms with E-state index in [4.69, 9.17) is 4.42 Å². The minimum Gasteiger partial charge on any atom is -0.416 e. The fourth-order valence-electron chi connectivity index (χ4n) is 3.21. The van der Waals surface area contributed by atoms with Gasteiger partial charge in [-0.15, -0.1) is 10.2 Å². The lowest BCUT2D eigenvalue weighted by Gasteiger charge is -2.10. The van der Waals surface area contributed by atoms with E-state index in [-0.39, 0.29) is 34.2 Å². The number of nitrogens with zero attached hydrogens (tertiary/aromatic N) is 2. The molecular formula is C17H19N5O5S2. The Morgan fingerprint density at radius 2 is 2.14 bits per heavy atom. The van der Waals surface area contributed by atoms with Crippen molar-refractivity contribution in [3.8, 4) is 0 Å². The number of carbonyl (C=O) groups is 1. The van der Waals surface area contributed by atoms with Gasteiger partial charge in [0.2, 0.25) is 11.8 Å². The predicted octanol–water partition coefficient (Wildman–Crippen LogP) is 1.34. The Kier molecular flexibility index (Phi) is 5.21. The number of aromatic amines is 2. The second-order valence-corrected chi connectivity index (χ2v) is 10.5. The van der Waals surface area contributed by atoms with Crippen LogP contribution >= 0.6 is 11.8 Å². The Labute approximate surface area is 169 Å². The molecule has 10 nitrogen and oxygen atoms in total. The van der Waals surface area contributed by atoms with Crippen molar-refractivity contribution in [1.29, 1.82) is 0 Å². The number of amides is 1. The van der Waals surface area contributed by atoms with E-state index in [1.165, 1.54) is 0 Å². The molecule has 2 unspecified atom stereocenters. The highest BCUT2D eigenvalue weighted by atomic mass is 32.2. The maximum atomic E-state index is 12.4. The van der Waals surface area contributed by atoms with E-state index in [1.807, 2.05) is 0 Å². The molecule has 3 aromatic rings. The van der Waals surface area contributed by atoms with E-state index >= 15 is 0 Å². The number of benzene rings is 1. The lowest BCUT2D eigenvalue weighted by atomic mass is 10.1. The van der Waals surface area contributed by atoms with Crippen LogP contribution in [0.1, 0.15) is 19.2 Å². The quantitative estimate of drug-likeness (QED) is 0.489. The molecule has 0 spiro atoms.